The van der Waals surface area contributed by atoms with E-state index in [9.17, 15) is 14.7 Å². The summed E-state index contributed by atoms with van der Waals surface area (Å²) < 4.78 is 22.0. The number of aliphatic hydroxyl groups is 1. The number of para-hydroxylation sites is 1. The van der Waals surface area contributed by atoms with Gasteiger partial charge in [-0.3, -0.25) is 14.5 Å². The molecule has 3 heterocycles. The van der Waals surface area contributed by atoms with Gasteiger partial charge in [0.2, 0.25) is 5.78 Å². The van der Waals surface area contributed by atoms with Gasteiger partial charge in [-0.05, 0) is 36.8 Å². The number of ether oxygens (including phenoxy) is 2. The number of anilines is 1. The monoisotopic (exact) mass is 486 g/mol. The van der Waals surface area contributed by atoms with Crippen molar-refractivity contribution in [1.29, 1.82) is 0 Å². The zero-order valence-corrected chi connectivity index (χ0v) is 19.6. The van der Waals surface area contributed by atoms with E-state index in [1.807, 2.05) is 0 Å². The van der Waals surface area contributed by atoms with Crippen molar-refractivity contribution in [3.8, 4) is 11.5 Å². The number of nitrogens with zero attached hydrogens (tertiary/aromatic N) is 2. The Morgan fingerprint density at radius 1 is 1.22 bits per heavy atom. The first-order valence-corrected chi connectivity index (χ1v) is 11.1. The van der Waals surface area contributed by atoms with Gasteiger partial charge in [0, 0.05) is 11.5 Å². The number of methoxy groups -OCH3 is 1. The van der Waals surface area contributed by atoms with Crippen LogP contribution < -0.4 is 14.4 Å². The highest BCUT2D eigenvalue weighted by Crippen LogP contribution is 2.43. The van der Waals surface area contributed by atoms with Gasteiger partial charge in [-0.2, -0.15) is 0 Å². The van der Waals surface area contributed by atoms with Crippen LogP contribution in [0.2, 0.25) is 0 Å². The molecule has 36 heavy (non-hydrogen) atoms. The number of amides is 1. The fraction of sp³-hybridized carbons (Fsp3) is 0.148. The van der Waals surface area contributed by atoms with Crippen LogP contribution in [0.3, 0.4) is 0 Å². The number of aliphatic hydroxyl groups excluding tert-OH is 1. The standard InChI is InChI=1S/C27H22N2O7/c1-4-11-34-18-9-5-7-16(13-18)23-22(25(31)27(32)29(23)21-12-15(2)36-28-21)24(30)20-14-17-8-6-10-19(33-3)26(17)35-20/h4-10,12-14,23,31H,1,11H2,2-3H3. The summed E-state index contributed by atoms with van der Waals surface area (Å²) in [6, 6.07) is 14.2. The van der Waals surface area contributed by atoms with Crippen molar-refractivity contribution in [3.63, 3.8) is 0 Å². The fourth-order valence-electron chi connectivity index (χ4n) is 4.23. The van der Waals surface area contributed by atoms with Crippen molar-refractivity contribution in [2.75, 3.05) is 18.6 Å². The van der Waals surface area contributed by atoms with Crippen molar-refractivity contribution < 1.29 is 33.1 Å². The van der Waals surface area contributed by atoms with Crippen LogP contribution in [0.4, 0.5) is 5.82 Å². The van der Waals surface area contributed by atoms with Gasteiger partial charge in [-0.15, -0.1) is 0 Å². The van der Waals surface area contributed by atoms with Gasteiger partial charge < -0.3 is 23.5 Å². The van der Waals surface area contributed by atoms with Crippen LogP contribution in [0.1, 0.15) is 27.9 Å². The maximum Gasteiger partial charge on any atom is 0.295 e. The summed E-state index contributed by atoms with van der Waals surface area (Å²) in [6.45, 7) is 5.60. The molecule has 0 aliphatic carbocycles. The summed E-state index contributed by atoms with van der Waals surface area (Å²) in [5, 5.41) is 15.5. The van der Waals surface area contributed by atoms with Crippen LogP contribution in [0.25, 0.3) is 11.0 Å². The third kappa shape index (κ3) is 3.80. The average molecular weight is 486 g/mol. The van der Waals surface area contributed by atoms with E-state index in [0.717, 1.165) is 0 Å². The number of aryl methyl sites for hydroxylation is 1. The molecule has 9 nitrogen and oxygen atoms in total. The minimum absolute atomic E-state index is 0.0499. The first kappa shape index (κ1) is 23.0. The Labute approximate surface area is 205 Å². The molecule has 1 atom stereocenters. The number of benzene rings is 2. The topological polar surface area (TPSA) is 115 Å². The molecule has 1 aliphatic heterocycles. The molecular formula is C27H22N2O7. The number of aromatic nitrogens is 1. The van der Waals surface area contributed by atoms with Gasteiger partial charge in [0.15, 0.2) is 28.7 Å². The van der Waals surface area contributed by atoms with E-state index in [0.29, 0.717) is 33.8 Å². The number of Topliss-reactive ketones (excluding diaryl/α,β-unsaturated/α-hetero) is 1. The Morgan fingerprint density at radius 3 is 2.75 bits per heavy atom. The van der Waals surface area contributed by atoms with Gasteiger partial charge in [0.1, 0.15) is 18.1 Å². The molecule has 5 rings (SSSR count). The number of carbonyl (C=O) groups is 2. The van der Waals surface area contributed by atoms with Crippen molar-refractivity contribution in [2.24, 2.45) is 0 Å². The average Bonchev–Trinajstić information content (AvgIpc) is 3.58. The van der Waals surface area contributed by atoms with Gasteiger partial charge in [0.05, 0.1) is 18.7 Å². The minimum Gasteiger partial charge on any atom is -0.503 e. The molecule has 0 spiro atoms. The summed E-state index contributed by atoms with van der Waals surface area (Å²) in [4.78, 5) is 28.3. The Hall–Kier alpha value is -4.79. The number of furan rings is 1. The van der Waals surface area contributed by atoms with E-state index in [4.69, 9.17) is 18.4 Å². The van der Waals surface area contributed by atoms with Crippen LogP contribution in [-0.2, 0) is 4.79 Å². The van der Waals surface area contributed by atoms with Gasteiger partial charge in [-0.25, -0.2) is 0 Å². The first-order chi connectivity index (χ1) is 17.4. The summed E-state index contributed by atoms with van der Waals surface area (Å²) in [6.07, 6.45) is 1.60. The Morgan fingerprint density at radius 2 is 2.03 bits per heavy atom. The fourth-order valence-corrected chi connectivity index (χ4v) is 4.23. The third-order valence-electron chi connectivity index (χ3n) is 5.81. The van der Waals surface area contributed by atoms with Crippen molar-refractivity contribution in [2.45, 2.75) is 13.0 Å². The van der Waals surface area contributed by atoms with Crippen LogP contribution in [0, 0.1) is 6.92 Å². The Bertz CT molecular complexity index is 1530. The number of ketones is 1. The lowest BCUT2D eigenvalue weighted by atomic mass is 9.95. The second-order valence-electron chi connectivity index (χ2n) is 8.13. The molecule has 0 bridgehead atoms. The second-order valence-corrected chi connectivity index (χ2v) is 8.13. The molecule has 1 N–H and O–H groups in total. The Balaban J connectivity index is 1.64. The van der Waals surface area contributed by atoms with E-state index in [1.54, 1.807) is 67.6 Å². The summed E-state index contributed by atoms with van der Waals surface area (Å²) in [5.74, 6) is -0.615. The van der Waals surface area contributed by atoms with Crippen LogP contribution in [-0.4, -0.2) is 35.7 Å². The smallest absolute Gasteiger partial charge is 0.295 e. The molecule has 1 unspecified atom stereocenters. The summed E-state index contributed by atoms with van der Waals surface area (Å²) in [7, 11) is 1.50. The maximum atomic E-state index is 13.8. The molecule has 2 aromatic carbocycles. The molecule has 0 saturated heterocycles. The van der Waals surface area contributed by atoms with E-state index in [2.05, 4.69) is 11.7 Å². The van der Waals surface area contributed by atoms with Crippen molar-refractivity contribution >= 4 is 28.5 Å². The number of rotatable bonds is 8. The highest BCUT2D eigenvalue weighted by atomic mass is 16.5. The lowest BCUT2D eigenvalue weighted by molar-refractivity contribution is -0.117. The lowest BCUT2D eigenvalue weighted by Crippen LogP contribution is -2.31. The highest BCUT2D eigenvalue weighted by molar-refractivity contribution is 6.20. The summed E-state index contributed by atoms with van der Waals surface area (Å²) in [5.41, 5.74) is 0.749. The molecule has 1 aliphatic rings. The lowest BCUT2D eigenvalue weighted by Gasteiger charge is -2.24. The van der Waals surface area contributed by atoms with Crippen LogP contribution in [0.15, 0.2) is 87.5 Å². The molecule has 182 valence electrons. The van der Waals surface area contributed by atoms with Gasteiger partial charge >= 0.3 is 0 Å². The molecule has 4 aromatic rings. The molecule has 1 amide bonds. The SMILES string of the molecule is C=CCOc1cccc(C2C(C(=O)c3cc4cccc(OC)c4o3)=C(O)C(=O)N2c2cc(C)on2)c1. The second kappa shape index (κ2) is 9.10. The number of hydrogen-bond acceptors (Lipinski definition) is 8. The zero-order chi connectivity index (χ0) is 25.4. The molecule has 2 aromatic heterocycles. The quantitative estimate of drug-likeness (QED) is 0.271. The third-order valence-corrected chi connectivity index (χ3v) is 5.81. The molecule has 0 saturated carbocycles. The van der Waals surface area contributed by atoms with Crippen LogP contribution >= 0.6 is 0 Å². The molecule has 0 radical (unpaired) electrons. The molecule has 0 fully saturated rings. The molecular weight excluding hydrogens is 464 g/mol. The zero-order valence-electron chi connectivity index (χ0n) is 19.6. The van der Waals surface area contributed by atoms with Gasteiger partial charge in [-0.1, -0.05) is 42.1 Å². The first-order valence-electron chi connectivity index (χ1n) is 11.1. The minimum atomic E-state index is -1.02. The van der Waals surface area contributed by atoms with Crippen molar-refractivity contribution in [3.05, 3.63) is 95.7 Å². The predicted octanol–water partition coefficient (Wildman–Crippen LogP) is 5.09. The molecule has 9 heteroatoms. The van der Waals surface area contributed by atoms with Gasteiger partial charge in [0.25, 0.3) is 5.91 Å². The normalized spacial score (nSPS) is 15.6. The van der Waals surface area contributed by atoms with E-state index >= 15 is 0 Å². The van der Waals surface area contributed by atoms with E-state index < -0.39 is 23.5 Å². The van der Waals surface area contributed by atoms with E-state index in [1.165, 1.54) is 12.0 Å². The van der Waals surface area contributed by atoms with Crippen molar-refractivity contribution in [1.82, 2.24) is 5.16 Å². The number of carbonyl (C=O) groups excluding carboxylic acids is 2. The van der Waals surface area contributed by atoms with Crippen LogP contribution in [0.5, 0.6) is 11.5 Å². The highest BCUT2D eigenvalue weighted by Gasteiger charge is 2.46. The predicted molar refractivity (Wildman–Crippen MR) is 130 cm³/mol. The summed E-state index contributed by atoms with van der Waals surface area (Å²) >= 11 is 0. The number of hydrogen-bond donors (Lipinski definition) is 1. The maximum absolute atomic E-state index is 13.8. The van der Waals surface area contributed by atoms with E-state index in [-0.39, 0.29) is 23.8 Å². The largest absolute Gasteiger partial charge is 0.503 e. The Kier molecular flexibility index (Phi) is 5.81. The number of fused-ring (bicyclic) bond motifs is 1.